The number of benzene rings is 2. The van der Waals surface area contributed by atoms with Crippen molar-refractivity contribution in [2.75, 3.05) is 20.8 Å². The lowest BCUT2D eigenvalue weighted by Gasteiger charge is -2.10. The summed E-state index contributed by atoms with van der Waals surface area (Å²) < 4.78 is 10.6. The van der Waals surface area contributed by atoms with Crippen LogP contribution in [0.1, 0.15) is 22.3 Å². The average Bonchev–Trinajstić information content (AvgIpc) is 2.60. The molecule has 0 radical (unpaired) electrons. The molecule has 2 rings (SSSR count). The SMILES string of the molecule is COc1ccc(CCNC(N)=NCc2ccc(C)cc2C)cc1OC.I. The van der Waals surface area contributed by atoms with Crippen molar-refractivity contribution < 1.29 is 9.47 Å². The second-order valence-corrected chi connectivity index (χ2v) is 6.00. The Kier molecular flexibility index (Phi) is 9.26. The Hall–Kier alpha value is -1.96. The average molecular weight is 469 g/mol. The van der Waals surface area contributed by atoms with E-state index < -0.39 is 0 Å². The molecule has 0 aliphatic heterocycles. The minimum Gasteiger partial charge on any atom is -0.493 e. The van der Waals surface area contributed by atoms with Crippen molar-refractivity contribution in [1.29, 1.82) is 0 Å². The highest BCUT2D eigenvalue weighted by Gasteiger charge is 2.04. The smallest absolute Gasteiger partial charge is 0.188 e. The van der Waals surface area contributed by atoms with E-state index in [1.54, 1.807) is 14.2 Å². The van der Waals surface area contributed by atoms with Gasteiger partial charge in [-0.05, 0) is 49.1 Å². The van der Waals surface area contributed by atoms with Crippen molar-refractivity contribution in [3.05, 3.63) is 58.7 Å². The number of halogens is 1. The van der Waals surface area contributed by atoms with Crippen LogP contribution in [-0.4, -0.2) is 26.7 Å². The number of methoxy groups -OCH3 is 2. The van der Waals surface area contributed by atoms with Crippen molar-refractivity contribution in [3.63, 3.8) is 0 Å². The number of hydrogen-bond acceptors (Lipinski definition) is 3. The Labute approximate surface area is 173 Å². The molecule has 5 nitrogen and oxygen atoms in total. The van der Waals surface area contributed by atoms with E-state index in [1.807, 2.05) is 18.2 Å². The summed E-state index contributed by atoms with van der Waals surface area (Å²) in [4.78, 5) is 4.42. The molecule has 3 N–H and O–H groups in total. The van der Waals surface area contributed by atoms with E-state index >= 15 is 0 Å². The van der Waals surface area contributed by atoms with Gasteiger partial charge in [-0.15, -0.1) is 24.0 Å². The maximum atomic E-state index is 5.96. The summed E-state index contributed by atoms with van der Waals surface area (Å²) in [5.41, 5.74) is 10.8. The van der Waals surface area contributed by atoms with Gasteiger partial charge >= 0.3 is 0 Å². The first-order valence-electron chi connectivity index (χ1n) is 8.34. The lowest BCUT2D eigenvalue weighted by Crippen LogP contribution is -2.33. The van der Waals surface area contributed by atoms with E-state index in [-0.39, 0.29) is 24.0 Å². The molecule has 0 unspecified atom stereocenters. The zero-order chi connectivity index (χ0) is 18.2. The molecule has 0 saturated heterocycles. The van der Waals surface area contributed by atoms with E-state index in [0.717, 1.165) is 23.5 Å². The highest BCUT2D eigenvalue weighted by Crippen LogP contribution is 2.27. The number of nitrogens with two attached hydrogens (primary N) is 1. The maximum absolute atomic E-state index is 5.96. The zero-order valence-electron chi connectivity index (χ0n) is 15.8. The molecule has 0 amide bonds. The largest absolute Gasteiger partial charge is 0.493 e. The van der Waals surface area contributed by atoms with Gasteiger partial charge in [0.1, 0.15) is 0 Å². The van der Waals surface area contributed by atoms with Crippen LogP contribution in [0, 0.1) is 13.8 Å². The van der Waals surface area contributed by atoms with Gasteiger partial charge in [-0.25, -0.2) is 4.99 Å². The Balaban J connectivity index is 0.00000338. The lowest BCUT2D eigenvalue weighted by atomic mass is 10.1. The third-order valence-electron chi connectivity index (χ3n) is 4.09. The first-order valence-corrected chi connectivity index (χ1v) is 8.34. The van der Waals surface area contributed by atoms with E-state index in [1.165, 1.54) is 16.7 Å². The van der Waals surface area contributed by atoms with Crippen LogP contribution < -0.4 is 20.5 Å². The summed E-state index contributed by atoms with van der Waals surface area (Å²) in [6.07, 6.45) is 0.820. The number of guanidine groups is 1. The summed E-state index contributed by atoms with van der Waals surface area (Å²) in [5.74, 6) is 1.92. The highest BCUT2D eigenvalue weighted by atomic mass is 127. The van der Waals surface area contributed by atoms with Crippen molar-refractivity contribution >= 4 is 29.9 Å². The number of hydrogen-bond donors (Lipinski definition) is 2. The van der Waals surface area contributed by atoms with Gasteiger partial charge in [0.15, 0.2) is 17.5 Å². The Morgan fingerprint density at radius 3 is 2.42 bits per heavy atom. The number of aryl methyl sites for hydroxylation is 2. The molecule has 0 spiro atoms. The molecule has 26 heavy (non-hydrogen) atoms. The Morgan fingerprint density at radius 2 is 1.77 bits per heavy atom. The molecule has 0 aromatic heterocycles. The minimum absolute atomic E-state index is 0. The standard InChI is InChI=1S/C20H27N3O2.HI/c1-14-5-7-17(15(2)11-14)13-23-20(21)22-10-9-16-6-8-18(24-3)19(12-16)25-4;/h5-8,11-12H,9-10,13H2,1-4H3,(H3,21,22,23);1H. The second kappa shape index (κ2) is 10.9. The van der Waals surface area contributed by atoms with E-state index in [9.17, 15) is 0 Å². The molecular formula is C20H28IN3O2. The van der Waals surface area contributed by atoms with Crippen LogP contribution >= 0.6 is 24.0 Å². The molecule has 0 fully saturated rings. The van der Waals surface area contributed by atoms with Gasteiger partial charge in [0.25, 0.3) is 0 Å². The maximum Gasteiger partial charge on any atom is 0.188 e. The van der Waals surface area contributed by atoms with Crippen LogP contribution in [0.2, 0.25) is 0 Å². The second-order valence-electron chi connectivity index (χ2n) is 6.00. The van der Waals surface area contributed by atoms with Gasteiger partial charge in [-0.1, -0.05) is 29.8 Å². The normalized spacial score (nSPS) is 10.8. The molecule has 6 heteroatoms. The zero-order valence-corrected chi connectivity index (χ0v) is 18.2. The summed E-state index contributed by atoms with van der Waals surface area (Å²) >= 11 is 0. The van der Waals surface area contributed by atoms with Gasteiger partial charge < -0.3 is 20.5 Å². The van der Waals surface area contributed by atoms with Crippen LogP contribution in [0.5, 0.6) is 11.5 Å². The fraction of sp³-hybridized carbons (Fsp3) is 0.350. The molecule has 2 aromatic carbocycles. The van der Waals surface area contributed by atoms with Crippen LogP contribution in [-0.2, 0) is 13.0 Å². The molecule has 0 heterocycles. The molecule has 142 valence electrons. The van der Waals surface area contributed by atoms with Gasteiger partial charge in [0.2, 0.25) is 0 Å². The van der Waals surface area contributed by atoms with Gasteiger partial charge in [0.05, 0.1) is 20.8 Å². The summed E-state index contributed by atoms with van der Waals surface area (Å²) in [6, 6.07) is 12.3. The fourth-order valence-corrected chi connectivity index (χ4v) is 2.62. The monoisotopic (exact) mass is 469 g/mol. The number of rotatable bonds is 7. The molecular weight excluding hydrogens is 441 g/mol. The summed E-state index contributed by atoms with van der Waals surface area (Å²) in [6.45, 7) is 5.47. The molecule has 0 saturated carbocycles. The Bertz CT molecular complexity index is 748. The lowest BCUT2D eigenvalue weighted by molar-refractivity contribution is 0.354. The molecule has 0 bridgehead atoms. The fourth-order valence-electron chi connectivity index (χ4n) is 2.62. The highest BCUT2D eigenvalue weighted by molar-refractivity contribution is 14.0. The first kappa shape index (κ1) is 22.1. The van der Waals surface area contributed by atoms with E-state index in [2.05, 4.69) is 42.4 Å². The van der Waals surface area contributed by atoms with Crippen molar-refractivity contribution in [2.24, 2.45) is 10.7 Å². The van der Waals surface area contributed by atoms with Crippen LogP contribution in [0.25, 0.3) is 0 Å². The summed E-state index contributed by atoms with van der Waals surface area (Å²) in [5, 5.41) is 3.15. The van der Waals surface area contributed by atoms with Crippen molar-refractivity contribution in [2.45, 2.75) is 26.8 Å². The van der Waals surface area contributed by atoms with Gasteiger partial charge in [-0.2, -0.15) is 0 Å². The predicted octanol–water partition coefficient (Wildman–Crippen LogP) is 3.59. The van der Waals surface area contributed by atoms with Crippen molar-refractivity contribution in [1.82, 2.24) is 5.32 Å². The number of nitrogens with one attached hydrogen (secondary N) is 1. The minimum atomic E-state index is 0. The Morgan fingerprint density at radius 1 is 1.04 bits per heavy atom. The topological polar surface area (TPSA) is 68.9 Å². The predicted molar refractivity (Wildman–Crippen MR) is 118 cm³/mol. The third kappa shape index (κ3) is 6.40. The van der Waals surface area contributed by atoms with Gasteiger partial charge in [0, 0.05) is 6.54 Å². The van der Waals surface area contributed by atoms with E-state index in [0.29, 0.717) is 19.0 Å². The molecule has 0 aliphatic carbocycles. The van der Waals surface area contributed by atoms with E-state index in [4.69, 9.17) is 15.2 Å². The third-order valence-corrected chi connectivity index (χ3v) is 4.09. The van der Waals surface area contributed by atoms with Crippen molar-refractivity contribution in [3.8, 4) is 11.5 Å². The molecule has 2 aromatic rings. The quantitative estimate of drug-likeness (QED) is 0.370. The number of aliphatic imine (C=N–C) groups is 1. The van der Waals surface area contributed by atoms with Crippen LogP contribution in [0.3, 0.4) is 0 Å². The molecule has 0 aliphatic rings. The number of nitrogens with zero attached hydrogens (tertiary/aromatic N) is 1. The van der Waals surface area contributed by atoms with Crippen LogP contribution in [0.4, 0.5) is 0 Å². The van der Waals surface area contributed by atoms with Crippen LogP contribution in [0.15, 0.2) is 41.4 Å². The summed E-state index contributed by atoms with van der Waals surface area (Å²) in [7, 11) is 3.27. The molecule has 0 atom stereocenters. The first-order chi connectivity index (χ1) is 12.0. The number of ether oxygens (including phenoxy) is 2. The van der Waals surface area contributed by atoms with Gasteiger partial charge in [-0.3, -0.25) is 0 Å².